The molecule has 1 aromatic heterocycles. The Hall–Kier alpha value is -2.27. The predicted octanol–water partition coefficient (Wildman–Crippen LogP) is 1.37. The fourth-order valence-corrected chi connectivity index (χ4v) is 2.27. The van der Waals surface area contributed by atoms with E-state index in [0.717, 1.165) is 25.2 Å². The van der Waals surface area contributed by atoms with Crippen molar-refractivity contribution in [1.29, 1.82) is 0 Å². The second-order valence-corrected chi connectivity index (χ2v) is 4.46. The highest BCUT2D eigenvalue weighted by Crippen LogP contribution is 2.23. The summed E-state index contributed by atoms with van der Waals surface area (Å²) in [4.78, 5) is 12.1. The number of benzene rings is 1. The van der Waals surface area contributed by atoms with Crippen LogP contribution in [0.15, 0.2) is 36.7 Å². The van der Waals surface area contributed by atoms with Crippen LogP contribution in [0.25, 0.3) is 0 Å². The van der Waals surface area contributed by atoms with E-state index in [9.17, 15) is 4.79 Å². The first kappa shape index (κ1) is 11.8. The lowest BCUT2D eigenvalue weighted by Crippen LogP contribution is -2.25. The Morgan fingerprint density at radius 2 is 2.21 bits per heavy atom. The summed E-state index contributed by atoms with van der Waals surface area (Å²) >= 11 is 0. The van der Waals surface area contributed by atoms with Crippen molar-refractivity contribution in [2.45, 2.75) is 13.0 Å². The van der Waals surface area contributed by atoms with E-state index in [1.165, 1.54) is 23.5 Å². The molecule has 0 saturated carbocycles. The van der Waals surface area contributed by atoms with Crippen molar-refractivity contribution in [3.63, 3.8) is 0 Å². The summed E-state index contributed by atoms with van der Waals surface area (Å²) in [5, 5.41) is 13.7. The number of aromatic nitrogens is 2. The maximum atomic E-state index is 12.1. The molecule has 5 heteroatoms. The van der Waals surface area contributed by atoms with Crippen molar-refractivity contribution < 1.29 is 4.79 Å². The maximum absolute atomic E-state index is 12.1. The van der Waals surface area contributed by atoms with Gasteiger partial charge in [-0.25, -0.2) is 0 Å². The summed E-state index contributed by atoms with van der Waals surface area (Å²) in [6, 6.07) is 7.65. The molecule has 1 aliphatic rings. The van der Waals surface area contributed by atoms with Crippen LogP contribution in [0.4, 0.5) is 5.69 Å². The minimum Gasteiger partial charge on any atom is -0.322 e. The third kappa shape index (κ3) is 2.46. The minimum absolute atomic E-state index is 0.151. The van der Waals surface area contributed by atoms with Gasteiger partial charge in [0, 0.05) is 12.2 Å². The average Bonchev–Trinajstić information content (AvgIpc) is 2.48. The molecule has 19 heavy (non-hydrogen) atoms. The summed E-state index contributed by atoms with van der Waals surface area (Å²) in [5.41, 5.74) is 3.87. The third-order valence-corrected chi connectivity index (χ3v) is 3.23. The fraction of sp³-hybridized carbons (Fsp3) is 0.214. The zero-order valence-electron chi connectivity index (χ0n) is 10.4. The SMILES string of the molecule is O=C(Nc1cccc2c1CCNC2)c1ccnnc1. The molecule has 3 rings (SSSR count). The summed E-state index contributed by atoms with van der Waals surface area (Å²) in [5.74, 6) is -0.151. The van der Waals surface area contributed by atoms with Gasteiger partial charge in [-0.2, -0.15) is 10.2 Å². The second kappa shape index (κ2) is 5.16. The summed E-state index contributed by atoms with van der Waals surface area (Å²) in [6.45, 7) is 1.80. The molecule has 0 aliphatic carbocycles. The fourth-order valence-electron chi connectivity index (χ4n) is 2.27. The monoisotopic (exact) mass is 254 g/mol. The summed E-state index contributed by atoms with van der Waals surface area (Å²) < 4.78 is 0. The first-order chi connectivity index (χ1) is 9.34. The molecular weight excluding hydrogens is 240 g/mol. The van der Waals surface area contributed by atoms with Crippen molar-refractivity contribution >= 4 is 11.6 Å². The van der Waals surface area contributed by atoms with Crippen LogP contribution in [0.1, 0.15) is 21.5 Å². The Kier molecular flexibility index (Phi) is 3.20. The Morgan fingerprint density at radius 1 is 1.26 bits per heavy atom. The van der Waals surface area contributed by atoms with E-state index in [4.69, 9.17) is 0 Å². The highest BCUT2D eigenvalue weighted by atomic mass is 16.1. The Bertz CT molecular complexity index is 598. The molecule has 1 aromatic carbocycles. The predicted molar refractivity (Wildman–Crippen MR) is 71.8 cm³/mol. The molecule has 0 saturated heterocycles. The molecule has 0 unspecified atom stereocenters. The van der Waals surface area contributed by atoms with Gasteiger partial charge in [-0.05, 0) is 36.2 Å². The van der Waals surface area contributed by atoms with Crippen molar-refractivity contribution in [1.82, 2.24) is 15.5 Å². The van der Waals surface area contributed by atoms with E-state index in [0.29, 0.717) is 5.56 Å². The Labute approximate surface area is 111 Å². The topological polar surface area (TPSA) is 66.9 Å². The van der Waals surface area contributed by atoms with E-state index in [-0.39, 0.29) is 5.91 Å². The van der Waals surface area contributed by atoms with Crippen LogP contribution >= 0.6 is 0 Å². The number of hydrogen-bond donors (Lipinski definition) is 2. The lowest BCUT2D eigenvalue weighted by molar-refractivity contribution is 0.102. The average molecular weight is 254 g/mol. The van der Waals surface area contributed by atoms with Crippen molar-refractivity contribution in [3.05, 3.63) is 53.3 Å². The van der Waals surface area contributed by atoms with Gasteiger partial charge >= 0.3 is 0 Å². The molecule has 96 valence electrons. The van der Waals surface area contributed by atoms with Gasteiger partial charge in [0.15, 0.2) is 0 Å². The zero-order valence-corrected chi connectivity index (χ0v) is 10.4. The lowest BCUT2D eigenvalue weighted by Gasteiger charge is -2.20. The van der Waals surface area contributed by atoms with Gasteiger partial charge < -0.3 is 10.6 Å². The van der Waals surface area contributed by atoms with Crippen LogP contribution in [0.3, 0.4) is 0 Å². The summed E-state index contributed by atoms with van der Waals surface area (Å²) in [6.07, 6.45) is 3.91. The molecule has 2 N–H and O–H groups in total. The lowest BCUT2D eigenvalue weighted by atomic mass is 9.99. The molecule has 1 amide bonds. The first-order valence-electron chi connectivity index (χ1n) is 6.24. The number of nitrogens with one attached hydrogen (secondary N) is 2. The smallest absolute Gasteiger partial charge is 0.257 e. The molecule has 2 heterocycles. The molecule has 0 atom stereocenters. The molecule has 2 aromatic rings. The quantitative estimate of drug-likeness (QED) is 0.849. The largest absolute Gasteiger partial charge is 0.322 e. The van der Waals surface area contributed by atoms with Crippen LogP contribution in [-0.4, -0.2) is 22.6 Å². The molecule has 5 nitrogen and oxygen atoms in total. The van der Waals surface area contributed by atoms with Gasteiger partial charge in [0.25, 0.3) is 5.91 Å². The molecule has 1 aliphatic heterocycles. The second-order valence-electron chi connectivity index (χ2n) is 4.46. The number of nitrogens with zero attached hydrogens (tertiary/aromatic N) is 2. The Morgan fingerprint density at radius 3 is 3.05 bits per heavy atom. The number of rotatable bonds is 2. The minimum atomic E-state index is -0.151. The van der Waals surface area contributed by atoms with Gasteiger partial charge in [-0.3, -0.25) is 4.79 Å². The van der Waals surface area contributed by atoms with E-state index in [1.807, 2.05) is 12.1 Å². The number of hydrogen-bond acceptors (Lipinski definition) is 4. The number of fused-ring (bicyclic) bond motifs is 1. The van der Waals surface area contributed by atoms with Gasteiger partial charge in [0.2, 0.25) is 0 Å². The zero-order chi connectivity index (χ0) is 13.1. The molecule has 0 fully saturated rings. The molecular formula is C14H14N4O. The third-order valence-electron chi connectivity index (χ3n) is 3.23. The molecule has 0 bridgehead atoms. The molecule has 0 spiro atoms. The van der Waals surface area contributed by atoms with Crippen LogP contribution in [0.5, 0.6) is 0 Å². The van der Waals surface area contributed by atoms with E-state index >= 15 is 0 Å². The maximum Gasteiger partial charge on any atom is 0.257 e. The number of anilines is 1. The van der Waals surface area contributed by atoms with Crippen LogP contribution in [0, 0.1) is 0 Å². The van der Waals surface area contributed by atoms with Gasteiger partial charge in [0.1, 0.15) is 0 Å². The molecule has 0 radical (unpaired) electrons. The van der Waals surface area contributed by atoms with Crippen molar-refractivity contribution in [2.24, 2.45) is 0 Å². The van der Waals surface area contributed by atoms with Crippen LogP contribution < -0.4 is 10.6 Å². The van der Waals surface area contributed by atoms with Crippen molar-refractivity contribution in [3.8, 4) is 0 Å². The van der Waals surface area contributed by atoms with E-state index < -0.39 is 0 Å². The van der Waals surface area contributed by atoms with Gasteiger partial charge in [-0.1, -0.05) is 12.1 Å². The number of carbonyl (C=O) groups excluding carboxylic acids is 1. The Balaban J connectivity index is 1.86. The first-order valence-corrected chi connectivity index (χ1v) is 6.24. The van der Waals surface area contributed by atoms with Gasteiger partial charge in [-0.15, -0.1) is 0 Å². The highest BCUT2D eigenvalue weighted by Gasteiger charge is 2.14. The van der Waals surface area contributed by atoms with Crippen molar-refractivity contribution in [2.75, 3.05) is 11.9 Å². The normalized spacial score (nSPS) is 13.7. The van der Waals surface area contributed by atoms with E-state index in [1.54, 1.807) is 6.07 Å². The van der Waals surface area contributed by atoms with E-state index in [2.05, 4.69) is 26.9 Å². The van der Waals surface area contributed by atoms with Crippen LogP contribution in [0.2, 0.25) is 0 Å². The number of carbonyl (C=O) groups is 1. The van der Waals surface area contributed by atoms with Crippen LogP contribution in [-0.2, 0) is 13.0 Å². The highest BCUT2D eigenvalue weighted by molar-refractivity contribution is 6.04. The summed E-state index contributed by atoms with van der Waals surface area (Å²) in [7, 11) is 0. The van der Waals surface area contributed by atoms with Gasteiger partial charge in [0.05, 0.1) is 18.0 Å². The number of amides is 1. The standard InChI is InChI=1S/C14H14N4O/c19-14(11-4-7-16-17-9-11)18-13-3-1-2-10-8-15-6-5-12(10)13/h1-4,7,9,15H,5-6,8H2,(H,18,19).